The van der Waals surface area contributed by atoms with E-state index in [0.717, 1.165) is 10.6 Å². The summed E-state index contributed by atoms with van der Waals surface area (Å²) in [6.45, 7) is 2.06. The van der Waals surface area contributed by atoms with Crippen LogP contribution in [-0.2, 0) is 14.3 Å². The molecule has 1 N–H and O–H groups in total. The summed E-state index contributed by atoms with van der Waals surface area (Å²) < 4.78 is 10.4. The summed E-state index contributed by atoms with van der Waals surface area (Å²) in [5, 5.41) is 2.20. The first-order chi connectivity index (χ1) is 13.1. The van der Waals surface area contributed by atoms with Gasteiger partial charge in [-0.05, 0) is 43.3 Å². The number of carbonyl (C=O) groups is 3. The van der Waals surface area contributed by atoms with Crippen LogP contribution in [0.25, 0.3) is 0 Å². The fraction of sp³-hybridized carbons (Fsp3) is 0.250. The number of rotatable bonds is 7. The van der Waals surface area contributed by atoms with Gasteiger partial charge in [0.1, 0.15) is 5.75 Å². The second-order valence-electron chi connectivity index (χ2n) is 5.84. The summed E-state index contributed by atoms with van der Waals surface area (Å²) in [6.07, 6.45) is -0.0958. The van der Waals surface area contributed by atoms with Gasteiger partial charge >= 0.3 is 5.97 Å². The van der Waals surface area contributed by atoms with Gasteiger partial charge in [-0.1, -0.05) is 12.1 Å². The molecular weight excluding hydrogens is 366 g/mol. The molecule has 0 aliphatic carbocycles. The second kappa shape index (κ2) is 8.73. The highest BCUT2D eigenvalue weighted by Crippen LogP contribution is 2.36. The zero-order valence-corrected chi connectivity index (χ0v) is 15.6. The van der Waals surface area contributed by atoms with Crippen LogP contribution in [0.5, 0.6) is 5.75 Å². The first-order valence-electron chi connectivity index (χ1n) is 8.55. The maximum absolute atomic E-state index is 12.1. The van der Waals surface area contributed by atoms with E-state index in [4.69, 9.17) is 9.47 Å². The molecule has 0 saturated heterocycles. The zero-order valence-electron chi connectivity index (χ0n) is 14.8. The molecule has 27 heavy (non-hydrogen) atoms. The van der Waals surface area contributed by atoms with Crippen LogP contribution in [0.15, 0.2) is 53.4 Å². The molecule has 6 nitrogen and oxygen atoms in total. The molecule has 0 aromatic heterocycles. The minimum atomic E-state index is -0.582. The molecule has 3 rings (SSSR count). The molecule has 2 aromatic rings. The average molecular weight is 385 g/mol. The van der Waals surface area contributed by atoms with Crippen LogP contribution in [0, 0.1) is 0 Å². The number of ketones is 1. The maximum Gasteiger partial charge on any atom is 0.307 e. The van der Waals surface area contributed by atoms with Crippen LogP contribution in [0.4, 0.5) is 5.69 Å². The number of hydrogen-bond acceptors (Lipinski definition) is 6. The number of anilines is 1. The minimum absolute atomic E-state index is 0.0958. The molecular formula is C20H19NO5S. The molecule has 140 valence electrons. The molecule has 1 aliphatic rings. The molecule has 7 heteroatoms. The Morgan fingerprint density at radius 2 is 1.85 bits per heavy atom. The third-order valence-electron chi connectivity index (χ3n) is 3.91. The Morgan fingerprint density at radius 1 is 1.11 bits per heavy atom. The molecule has 0 fully saturated rings. The Morgan fingerprint density at radius 3 is 2.59 bits per heavy atom. The second-order valence-corrected chi connectivity index (χ2v) is 7.08. The van der Waals surface area contributed by atoms with Crippen molar-refractivity contribution in [3.05, 3.63) is 54.1 Å². The monoisotopic (exact) mass is 385 g/mol. The van der Waals surface area contributed by atoms with E-state index in [1.165, 1.54) is 11.8 Å². The van der Waals surface area contributed by atoms with Gasteiger partial charge in [0.25, 0.3) is 0 Å². The van der Waals surface area contributed by atoms with Crippen molar-refractivity contribution >= 4 is 35.1 Å². The summed E-state index contributed by atoms with van der Waals surface area (Å²) in [5.74, 6) is -0.459. The lowest BCUT2D eigenvalue weighted by Crippen LogP contribution is -2.31. The summed E-state index contributed by atoms with van der Waals surface area (Å²) in [4.78, 5) is 37.2. The third kappa shape index (κ3) is 4.89. The van der Waals surface area contributed by atoms with Gasteiger partial charge in [0.2, 0.25) is 5.91 Å². The molecule has 1 aliphatic heterocycles. The van der Waals surface area contributed by atoms with Crippen LogP contribution in [0.1, 0.15) is 23.7 Å². The van der Waals surface area contributed by atoms with Gasteiger partial charge in [0, 0.05) is 10.5 Å². The number of esters is 1. The number of fused-ring (bicyclic) bond motifs is 1. The lowest BCUT2D eigenvalue weighted by Gasteiger charge is -2.23. The van der Waals surface area contributed by atoms with E-state index >= 15 is 0 Å². The number of Topliss-reactive ketones (excluding diaryl/α,β-unsaturated/α-hetero) is 1. The maximum atomic E-state index is 12.1. The molecule has 0 bridgehead atoms. The predicted molar refractivity (Wildman–Crippen MR) is 102 cm³/mol. The number of hydrogen-bond donors (Lipinski definition) is 1. The van der Waals surface area contributed by atoms with Crippen molar-refractivity contribution in [1.82, 2.24) is 0 Å². The van der Waals surface area contributed by atoms with E-state index in [-0.39, 0.29) is 24.7 Å². The van der Waals surface area contributed by atoms with Crippen molar-refractivity contribution in [2.45, 2.75) is 23.5 Å². The quantitative estimate of drug-likeness (QED) is 0.582. The number of ether oxygens (including phenoxy) is 2. The van der Waals surface area contributed by atoms with Crippen LogP contribution in [0.2, 0.25) is 0 Å². The first kappa shape index (κ1) is 19.0. The lowest BCUT2D eigenvalue weighted by atomic mass is 10.1. The summed E-state index contributed by atoms with van der Waals surface area (Å²) in [7, 11) is 0. The molecule has 1 heterocycles. The predicted octanol–water partition coefficient (Wildman–Crippen LogP) is 3.31. The fourth-order valence-electron chi connectivity index (χ4n) is 2.57. The molecule has 2 aromatic carbocycles. The van der Waals surface area contributed by atoms with Crippen molar-refractivity contribution in [2.24, 2.45) is 0 Å². The molecule has 1 amide bonds. The average Bonchev–Trinajstić information content (AvgIpc) is 2.67. The van der Waals surface area contributed by atoms with Crippen LogP contribution in [0.3, 0.4) is 0 Å². The summed E-state index contributed by atoms with van der Waals surface area (Å²) in [5.41, 5.74) is 1.17. The highest BCUT2D eigenvalue weighted by atomic mass is 32.2. The van der Waals surface area contributed by atoms with Crippen molar-refractivity contribution < 1.29 is 23.9 Å². The van der Waals surface area contributed by atoms with E-state index in [9.17, 15) is 14.4 Å². The van der Waals surface area contributed by atoms with Gasteiger partial charge in [0.15, 0.2) is 12.4 Å². The van der Waals surface area contributed by atoms with Gasteiger partial charge in [-0.25, -0.2) is 0 Å². The largest absolute Gasteiger partial charge is 0.494 e. The van der Waals surface area contributed by atoms with E-state index in [1.807, 2.05) is 31.2 Å². The van der Waals surface area contributed by atoms with Crippen LogP contribution >= 0.6 is 11.8 Å². The van der Waals surface area contributed by atoms with E-state index in [1.54, 1.807) is 24.3 Å². The van der Waals surface area contributed by atoms with Gasteiger partial charge in [-0.3, -0.25) is 14.4 Å². The summed E-state index contributed by atoms with van der Waals surface area (Å²) in [6, 6.07) is 14.0. The highest BCUT2D eigenvalue weighted by molar-refractivity contribution is 8.01. The molecule has 1 atom stereocenters. The topological polar surface area (TPSA) is 81.7 Å². The fourth-order valence-corrected chi connectivity index (χ4v) is 3.67. The van der Waals surface area contributed by atoms with Crippen LogP contribution in [-0.4, -0.2) is 36.1 Å². The van der Waals surface area contributed by atoms with Gasteiger partial charge in [0.05, 0.1) is 24.0 Å². The summed E-state index contributed by atoms with van der Waals surface area (Å²) >= 11 is 1.32. The van der Waals surface area contributed by atoms with Crippen molar-refractivity contribution in [2.75, 3.05) is 18.5 Å². The SMILES string of the molecule is CCOc1ccc(C(=O)COC(=O)C[C@H]2Sc3ccccc3NC2=O)cc1. The van der Waals surface area contributed by atoms with Gasteiger partial charge in [-0.15, -0.1) is 11.8 Å². The lowest BCUT2D eigenvalue weighted by molar-refractivity contribution is -0.143. The van der Waals surface area contributed by atoms with Gasteiger partial charge < -0.3 is 14.8 Å². The normalized spacial score (nSPS) is 15.4. The Balaban J connectivity index is 1.51. The number of amides is 1. The number of thioether (sulfide) groups is 1. The van der Waals surface area contributed by atoms with E-state index < -0.39 is 11.2 Å². The Kier molecular flexibility index (Phi) is 6.13. The third-order valence-corrected chi connectivity index (χ3v) is 5.19. The van der Waals surface area contributed by atoms with E-state index in [0.29, 0.717) is 17.9 Å². The molecule has 0 spiro atoms. The Hall–Kier alpha value is -2.80. The molecule has 0 saturated carbocycles. The smallest absolute Gasteiger partial charge is 0.307 e. The van der Waals surface area contributed by atoms with Crippen molar-refractivity contribution in [3.63, 3.8) is 0 Å². The minimum Gasteiger partial charge on any atom is -0.494 e. The number of para-hydroxylation sites is 1. The van der Waals surface area contributed by atoms with Gasteiger partial charge in [-0.2, -0.15) is 0 Å². The van der Waals surface area contributed by atoms with Crippen LogP contribution < -0.4 is 10.1 Å². The molecule has 0 unspecified atom stereocenters. The number of carbonyl (C=O) groups excluding carboxylic acids is 3. The first-order valence-corrected chi connectivity index (χ1v) is 9.43. The van der Waals surface area contributed by atoms with Crippen molar-refractivity contribution in [1.29, 1.82) is 0 Å². The Labute approximate surface area is 161 Å². The Bertz CT molecular complexity index is 850. The van der Waals surface area contributed by atoms with E-state index in [2.05, 4.69) is 5.32 Å². The molecule has 0 radical (unpaired) electrons. The number of nitrogens with one attached hydrogen (secondary N) is 1. The van der Waals surface area contributed by atoms with Crippen molar-refractivity contribution in [3.8, 4) is 5.75 Å². The zero-order chi connectivity index (χ0) is 19.2. The highest BCUT2D eigenvalue weighted by Gasteiger charge is 2.29. The number of benzene rings is 2. The standard InChI is InChI=1S/C20H19NO5S/c1-2-25-14-9-7-13(8-10-14)16(22)12-26-19(23)11-18-20(24)21-15-5-3-4-6-17(15)27-18/h3-10,18H,2,11-12H2,1H3,(H,21,24)/t18-/m1/s1.